The van der Waals surface area contributed by atoms with Crippen molar-refractivity contribution >= 4 is 34.8 Å². The molecule has 190 valence electrons. The van der Waals surface area contributed by atoms with Crippen molar-refractivity contribution in [1.82, 2.24) is 9.97 Å². The number of carbonyl (C=O) groups excluding carboxylic acids is 1. The van der Waals surface area contributed by atoms with Gasteiger partial charge < -0.3 is 24.8 Å². The van der Waals surface area contributed by atoms with Crippen molar-refractivity contribution in [2.24, 2.45) is 0 Å². The molecule has 0 aliphatic heterocycles. The van der Waals surface area contributed by atoms with Crippen molar-refractivity contribution < 1.29 is 32.2 Å². The quantitative estimate of drug-likeness (QED) is 0.352. The maximum absolute atomic E-state index is 14.7. The first-order chi connectivity index (χ1) is 17.1. The Morgan fingerprint density at radius 1 is 1.06 bits per heavy atom. The summed E-state index contributed by atoms with van der Waals surface area (Å²) in [4.78, 5) is 20.3. The molecule has 1 amide bonds. The molecule has 0 radical (unpaired) electrons. The van der Waals surface area contributed by atoms with Crippen LogP contribution in [0.15, 0.2) is 30.9 Å². The Labute approximate surface area is 210 Å². The molecule has 1 aromatic heterocycles. The number of halogens is 4. The van der Waals surface area contributed by atoms with Crippen LogP contribution in [0.5, 0.6) is 17.2 Å². The van der Waals surface area contributed by atoms with Gasteiger partial charge in [-0.15, -0.1) is 0 Å². The Morgan fingerprint density at radius 3 is 2.17 bits per heavy atom. The average molecular weight is 523 g/mol. The minimum atomic E-state index is -0.926. The molecule has 0 bridgehead atoms. The lowest BCUT2D eigenvalue weighted by atomic mass is 10.1. The average Bonchev–Trinajstić information content (AvgIpc) is 2.82. The van der Waals surface area contributed by atoms with Gasteiger partial charge in [0.1, 0.15) is 12.4 Å². The van der Waals surface area contributed by atoms with Gasteiger partial charge in [-0.2, -0.15) is 0 Å². The molecule has 0 atom stereocenters. The fourth-order valence-electron chi connectivity index (χ4n) is 3.27. The minimum Gasteiger partial charge on any atom is -0.494 e. The van der Waals surface area contributed by atoms with Crippen LogP contribution in [0.1, 0.15) is 17.0 Å². The van der Waals surface area contributed by atoms with E-state index in [-0.39, 0.29) is 39.6 Å². The maximum Gasteiger partial charge on any atom is 0.247 e. The number of carbonyl (C=O) groups is 1. The number of nitrogens with zero attached hydrogens (tertiary/aromatic N) is 2. The number of anilines is 3. The Hall–Kier alpha value is -3.99. The third kappa shape index (κ3) is 5.62. The van der Waals surface area contributed by atoms with Gasteiger partial charge in [0.05, 0.1) is 47.6 Å². The lowest BCUT2D eigenvalue weighted by molar-refractivity contribution is -0.111. The van der Waals surface area contributed by atoms with Gasteiger partial charge in [0.25, 0.3) is 0 Å². The van der Waals surface area contributed by atoms with Gasteiger partial charge in [-0.3, -0.25) is 4.79 Å². The third-order valence-corrected chi connectivity index (χ3v) is 5.26. The van der Waals surface area contributed by atoms with Crippen molar-refractivity contribution in [1.29, 1.82) is 0 Å². The predicted octanol–water partition coefficient (Wildman–Crippen LogP) is 5.63. The molecule has 0 aliphatic rings. The van der Waals surface area contributed by atoms with E-state index in [2.05, 4.69) is 27.2 Å². The molecule has 0 spiro atoms. The summed E-state index contributed by atoms with van der Waals surface area (Å²) in [5.41, 5.74) is 0.453. The van der Waals surface area contributed by atoms with Gasteiger partial charge in [-0.25, -0.2) is 23.1 Å². The van der Waals surface area contributed by atoms with Gasteiger partial charge in [0.15, 0.2) is 28.9 Å². The molecule has 0 fully saturated rings. The molecule has 0 unspecified atom stereocenters. The summed E-state index contributed by atoms with van der Waals surface area (Å²) in [5, 5.41) is 5.27. The molecular formula is C24H22ClF3N4O4. The van der Waals surface area contributed by atoms with Crippen LogP contribution in [0.2, 0.25) is 5.02 Å². The van der Waals surface area contributed by atoms with Crippen LogP contribution >= 0.6 is 11.6 Å². The predicted molar refractivity (Wildman–Crippen MR) is 129 cm³/mol. The smallest absolute Gasteiger partial charge is 0.247 e. The summed E-state index contributed by atoms with van der Waals surface area (Å²) >= 11 is 6.17. The number of benzene rings is 2. The zero-order valence-corrected chi connectivity index (χ0v) is 20.5. The number of aryl methyl sites for hydroxylation is 2. The van der Waals surface area contributed by atoms with Crippen LogP contribution in [0.4, 0.5) is 30.5 Å². The molecule has 1 heterocycles. The highest BCUT2D eigenvalue weighted by Crippen LogP contribution is 2.35. The topological polar surface area (TPSA) is 94.6 Å². The summed E-state index contributed by atoms with van der Waals surface area (Å²) in [6.45, 7) is 6.06. The van der Waals surface area contributed by atoms with Gasteiger partial charge in [0.2, 0.25) is 11.9 Å². The summed E-state index contributed by atoms with van der Waals surface area (Å²) in [5.74, 6) is -3.26. The van der Waals surface area contributed by atoms with Crippen molar-refractivity contribution in [2.75, 3.05) is 24.9 Å². The third-order valence-electron chi connectivity index (χ3n) is 4.96. The molecule has 36 heavy (non-hydrogen) atoms. The fraction of sp³-hybridized carbons (Fsp3) is 0.208. The number of hydrogen-bond acceptors (Lipinski definition) is 7. The molecular weight excluding hydrogens is 501 g/mol. The Morgan fingerprint density at radius 2 is 1.64 bits per heavy atom. The van der Waals surface area contributed by atoms with E-state index in [1.54, 1.807) is 13.8 Å². The van der Waals surface area contributed by atoms with Gasteiger partial charge in [-0.1, -0.05) is 18.2 Å². The molecule has 0 saturated carbocycles. The highest BCUT2D eigenvalue weighted by atomic mass is 35.5. The number of aromatic nitrogens is 2. The molecule has 0 aliphatic carbocycles. The summed E-state index contributed by atoms with van der Waals surface area (Å²) < 4.78 is 58.7. The van der Waals surface area contributed by atoms with E-state index < -0.39 is 35.5 Å². The number of ether oxygens (including phenoxy) is 3. The van der Waals surface area contributed by atoms with E-state index in [1.807, 2.05) is 0 Å². The monoisotopic (exact) mass is 522 g/mol. The molecule has 2 aromatic carbocycles. The molecule has 8 nitrogen and oxygen atoms in total. The molecule has 2 N–H and O–H groups in total. The van der Waals surface area contributed by atoms with Gasteiger partial charge >= 0.3 is 0 Å². The number of amides is 1. The van der Waals surface area contributed by atoms with Crippen molar-refractivity contribution in [3.8, 4) is 17.2 Å². The molecule has 12 heteroatoms. The Kier molecular flexibility index (Phi) is 8.25. The van der Waals surface area contributed by atoms with Gasteiger partial charge in [0, 0.05) is 6.07 Å². The second-order valence-corrected chi connectivity index (χ2v) is 7.76. The lowest BCUT2D eigenvalue weighted by Crippen LogP contribution is -2.12. The minimum absolute atomic E-state index is 0.0356. The summed E-state index contributed by atoms with van der Waals surface area (Å²) in [7, 11) is 2.49. The SMILES string of the molecule is C=CC(=O)Nc1cc(F)cc(Cl)c1Nc1nc(C)c(OCc2c(F)c(OC)cc(OC)c2F)c(C)n1. The lowest BCUT2D eigenvalue weighted by Gasteiger charge is -2.17. The zero-order valence-electron chi connectivity index (χ0n) is 19.8. The number of methoxy groups -OCH3 is 2. The molecule has 3 rings (SSSR count). The highest BCUT2D eigenvalue weighted by molar-refractivity contribution is 6.34. The summed E-state index contributed by atoms with van der Waals surface area (Å²) in [6, 6.07) is 3.22. The first-order valence-corrected chi connectivity index (χ1v) is 10.7. The largest absolute Gasteiger partial charge is 0.494 e. The second kappa shape index (κ2) is 11.2. The van der Waals surface area contributed by atoms with Crippen molar-refractivity contribution in [3.63, 3.8) is 0 Å². The van der Waals surface area contributed by atoms with Crippen molar-refractivity contribution in [3.05, 3.63) is 70.3 Å². The zero-order chi connectivity index (χ0) is 26.6. The summed E-state index contributed by atoms with van der Waals surface area (Å²) in [6.07, 6.45) is 1.02. The molecule has 0 saturated heterocycles. The van der Waals surface area contributed by atoms with E-state index >= 15 is 0 Å². The van der Waals surface area contributed by atoms with Crippen LogP contribution in [-0.4, -0.2) is 30.1 Å². The van der Waals surface area contributed by atoms with Gasteiger partial charge in [-0.05, 0) is 32.1 Å². The standard InChI is InChI=1S/C24H22ClF3N4O4/c1-6-19(33)31-16-8-13(26)7-15(25)22(16)32-24-29-11(2)23(12(3)30-24)36-10-14-20(27)17(34-4)9-18(35-5)21(14)28/h6-9H,1,10H2,2-5H3,(H,31,33)(H,29,30,32). The van der Waals surface area contributed by atoms with Crippen LogP contribution in [0.3, 0.4) is 0 Å². The fourth-order valence-corrected chi connectivity index (χ4v) is 3.53. The number of nitrogens with one attached hydrogen (secondary N) is 2. The van der Waals surface area contributed by atoms with E-state index in [9.17, 15) is 18.0 Å². The Balaban J connectivity index is 1.90. The van der Waals surface area contributed by atoms with Crippen LogP contribution < -0.4 is 24.8 Å². The first kappa shape index (κ1) is 26.6. The number of rotatable bonds is 9. The Bertz CT molecular complexity index is 1290. The first-order valence-electron chi connectivity index (χ1n) is 10.4. The highest BCUT2D eigenvalue weighted by Gasteiger charge is 2.22. The maximum atomic E-state index is 14.7. The number of hydrogen-bond donors (Lipinski definition) is 2. The molecule has 3 aromatic rings. The van der Waals surface area contributed by atoms with E-state index in [0.29, 0.717) is 11.4 Å². The normalized spacial score (nSPS) is 10.6. The second-order valence-electron chi connectivity index (χ2n) is 7.35. The van der Waals surface area contributed by atoms with E-state index in [0.717, 1.165) is 24.3 Å². The van der Waals surface area contributed by atoms with E-state index in [4.69, 9.17) is 25.8 Å². The van der Waals surface area contributed by atoms with Crippen LogP contribution in [0.25, 0.3) is 0 Å². The van der Waals surface area contributed by atoms with Crippen LogP contribution in [-0.2, 0) is 11.4 Å². The van der Waals surface area contributed by atoms with E-state index in [1.165, 1.54) is 14.2 Å². The van der Waals surface area contributed by atoms with Crippen molar-refractivity contribution in [2.45, 2.75) is 20.5 Å². The van der Waals surface area contributed by atoms with Crippen LogP contribution in [0, 0.1) is 31.3 Å².